The molecule has 0 saturated carbocycles. The van der Waals surface area contributed by atoms with Gasteiger partial charge in [0.05, 0.1) is 6.54 Å². The molecule has 0 unspecified atom stereocenters. The highest BCUT2D eigenvalue weighted by atomic mass is 16.2. The number of carbonyl (C=O) groups excluding carboxylic acids is 3. The Kier molecular flexibility index (Phi) is 5.16. The van der Waals surface area contributed by atoms with Gasteiger partial charge in [-0.15, -0.1) is 0 Å². The Hall–Kier alpha value is -2.95. The molecule has 0 spiro atoms. The van der Waals surface area contributed by atoms with Gasteiger partial charge in [0, 0.05) is 11.3 Å². The molecular weight excluding hydrogens is 328 g/mol. The minimum atomic E-state index is -0.445. The molecule has 134 valence electrons. The molecule has 0 bridgehead atoms. The van der Waals surface area contributed by atoms with E-state index in [1.54, 1.807) is 12.1 Å². The second-order valence-corrected chi connectivity index (χ2v) is 6.31. The molecular formula is C21H22N2O3. The van der Waals surface area contributed by atoms with Gasteiger partial charge in [0.15, 0.2) is 5.78 Å². The standard InChI is InChI=1S/C21H22N2O3/c1-3-15-10-11-16(4-2)18(12-15)19(24)13-23-20(25)14-22(21(23)26)17-8-6-5-7-9-17/h5-12H,3-4,13-14H2,1-2H3. The van der Waals surface area contributed by atoms with Crippen molar-refractivity contribution < 1.29 is 14.4 Å². The lowest BCUT2D eigenvalue weighted by molar-refractivity contribution is -0.124. The first kappa shape index (κ1) is 17.9. The molecule has 0 aromatic heterocycles. The van der Waals surface area contributed by atoms with Crippen molar-refractivity contribution in [3.05, 3.63) is 65.2 Å². The molecule has 1 aliphatic heterocycles. The number of aryl methyl sites for hydroxylation is 2. The first-order valence-corrected chi connectivity index (χ1v) is 8.87. The first-order valence-electron chi connectivity index (χ1n) is 8.87. The molecule has 0 radical (unpaired) electrons. The number of carbonyl (C=O) groups is 3. The van der Waals surface area contributed by atoms with Crippen LogP contribution in [-0.4, -0.2) is 35.7 Å². The van der Waals surface area contributed by atoms with Crippen molar-refractivity contribution in [2.45, 2.75) is 26.7 Å². The Labute approximate surface area is 153 Å². The predicted octanol–water partition coefficient (Wildman–Crippen LogP) is 3.46. The molecule has 5 nitrogen and oxygen atoms in total. The van der Waals surface area contributed by atoms with E-state index >= 15 is 0 Å². The predicted molar refractivity (Wildman–Crippen MR) is 100 cm³/mol. The van der Waals surface area contributed by atoms with E-state index < -0.39 is 6.03 Å². The van der Waals surface area contributed by atoms with Gasteiger partial charge in [-0.05, 0) is 42.2 Å². The minimum Gasteiger partial charge on any atom is -0.292 e. The summed E-state index contributed by atoms with van der Waals surface area (Å²) in [6.07, 6.45) is 1.55. The smallest absolute Gasteiger partial charge is 0.292 e. The number of imide groups is 1. The number of amides is 3. The van der Waals surface area contributed by atoms with E-state index in [1.165, 1.54) is 4.90 Å². The van der Waals surface area contributed by atoms with E-state index in [4.69, 9.17) is 0 Å². The van der Waals surface area contributed by atoms with Crippen LogP contribution >= 0.6 is 0 Å². The molecule has 1 heterocycles. The van der Waals surface area contributed by atoms with Crippen LogP contribution in [0.5, 0.6) is 0 Å². The van der Waals surface area contributed by atoms with Crippen LogP contribution in [-0.2, 0) is 17.6 Å². The number of hydrogen-bond acceptors (Lipinski definition) is 3. The zero-order valence-electron chi connectivity index (χ0n) is 15.1. The SMILES string of the molecule is CCc1ccc(CC)c(C(=O)CN2C(=O)CN(c3ccccc3)C2=O)c1. The average molecular weight is 350 g/mol. The van der Waals surface area contributed by atoms with Crippen LogP contribution in [0.2, 0.25) is 0 Å². The topological polar surface area (TPSA) is 57.7 Å². The summed E-state index contributed by atoms with van der Waals surface area (Å²) >= 11 is 0. The van der Waals surface area contributed by atoms with Crippen molar-refractivity contribution in [3.63, 3.8) is 0 Å². The molecule has 0 aliphatic carbocycles. The fraction of sp³-hybridized carbons (Fsp3) is 0.286. The summed E-state index contributed by atoms with van der Waals surface area (Å²) in [6, 6.07) is 14.4. The van der Waals surface area contributed by atoms with Crippen molar-refractivity contribution in [2.24, 2.45) is 0 Å². The van der Waals surface area contributed by atoms with E-state index in [2.05, 4.69) is 0 Å². The zero-order valence-corrected chi connectivity index (χ0v) is 15.1. The van der Waals surface area contributed by atoms with Crippen LogP contribution in [0.15, 0.2) is 48.5 Å². The minimum absolute atomic E-state index is 0.0360. The summed E-state index contributed by atoms with van der Waals surface area (Å²) in [4.78, 5) is 40.2. The fourth-order valence-corrected chi connectivity index (χ4v) is 3.15. The molecule has 5 heteroatoms. The van der Waals surface area contributed by atoms with Gasteiger partial charge in [0.25, 0.3) is 5.91 Å². The summed E-state index contributed by atoms with van der Waals surface area (Å²) < 4.78 is 0. The van der Waals surface area contributed by atoms with Crippen molar-refractivity contribution in [1.82, 2.24) is 4.90 Å². The molecule has 2 aromatic rings. The average Bonchev–Trinajstić information content (AvgIpc) is 2.96. The fourth-order valence-electron chi connectivity index (χ4n) is 3.15. The van der Waals surface area contributed by atoms with Crippen molar-refractivity contribution in [3.8, 4) is 0 Å². The number of para-hydroxylation sites is 1. The van der Waals surface area contributed by atoms with Crippen molar-refractivity contribution in [1.29, 1.82) is 0 Å². The largest absolute Gasteiger partial charge is 0.332 e. The van der Waals surface area contributed by atoms with Gasteiger partial charge in [-0.1, -0.05) is 44.2 Å². The third kappa shape index (κ3) is 3.38. The molecule has 1 aliphatic rings. The highest BCUT2D eigenvalue weighted by molar-refractivity contribution is 6.15. The first-order chi connectivity index (χ1) is 12.5. The number of anilines is 1. The number of ketones is 1. The van der Waals surface area contributed by atoms with Gasteiger partial charge in [-0.3, -0.25) is 19.4 Å². The van der Waals surface area contributed by atoms with E-state index in [-0.39, 0.29) is 24.8 Å². The van der Waals surface area contributed by atoms with E-state index in [1.807, 2.05) is 50.2 Å². The molecule has 3 amide bonds. The summed E-state index contributed by atoms with van der Waals surface area (Å²) in [5.41, 5.74) is 3.26. The lowest BCUT2D eigenvalue weighted by Gasteiger charge is -2.17. The molecule has 3 rings (SSSR count). The Morgan fingerprint density at radius 1 is 1.00 bits per heavy atom. The monoisotopic (exact) mass is 350 g/mol. The summed E-state index contributed by atoms with van der Waals surface area (Å²) in [5, 5.41) is 0. The maximum Gasteiger partial charge on any atom is 0.332 e. The Bertz CT molecular complexity index is 846. The van der Waals surface area contributed by atoms with Gasteiger partial charge < -0.3 is 0 Å². The van der Waals surface area contributed by atoms with Gasteiger partial charge in [0.2, 0.25) is 0 Å². The van der Waals surface area contributed by atoms with E-state index in [0.717, 1.165) is 28.9 Å². The maximum absolute atomic E-state index is 12.8. The van der Waals surface area contributed by atoms with Crippen LogP contribution in [0.1, 0.15) is 35.3 Å². The third-order valence-electron chi connectivity index (χ3n) is 4.69. The second-order valence-electron chi connectivity index (χ2n) is 6.31. The lowest BCUT2D eigenvalue weighted by Crippen LogP contribution is -2.37. The van der Waals surface area contributed by atoms with E-state index in [0.29, 0.717) is 11.3 Å². The molecule has 1 saturated heterocycles. The quantitative estimate of drug-likeness (QED) is 0.592. The molecule has 0 N–H and O–H groups in total. The molecule has 1 fully saturated rings. The second kappa shape index (κ2) is 7.52. The van der Waals surface area contributed by atoms with E-state index in [9.17, 15) is 14.4 Å². The number of urea groups is 1. The molecule has 2 aromatic carbocycles. The van der Waals surface area contributed by atoms with Crippen LogP contribution in [0, 0.1) is 0 Å². The lowest BCUT2D eigenvalue weighted by atomic mass is 9.97. The third-order valence-corrected chi connectivity index (χ3v) is 4.69. The maximum atomic E-state index is 12.8. The number of nitrogens with zero attached hydrogens (tertiary/aromatic N) is 2. The van der Waals surface area contributed by atoms with Crippen LogP contribution < -0.4 is 4.90 Å². The molecule has 0 atom stereocenters. The van der Waals surface area contributed by atoms with Crippen LogP contribution in [0.4, 0.5) is 10.5 Å². The highest BCUT2D eigenvalue weighted by Gasteiger charge is 2.38. The number of Topliss-reactive ketones (excluding diaryl/α,β-unsaturated/α-hetero) is 1. The summed E-state index contributed by atoms with van der Waals surface area (Å²) in [5.74, 6) is -0.550. The van der Waals surface area contributed by atoms with Crippen LogP contribution in [0.25, 0.3) is 0 Å². The Morgan fingerprint density at radius 2 is 1.73 bits per heavy atom. The Balaban J connectivity index is 1.82. The zero-order chi connectivity index (χ0) is 18.7. The Morgan fingerprint density at radius 3 is 2.38 bits per heavy atom. The van der Waals surface area contributed by atoms with Crippen molar-refractivity contribution in [2.75, 3.05) is 18.0 Å². The molecule has 26 heavy (non-hydrogen) atoms. The van der Waals surface area contributed by atoms with Gasteiger partial charge in [-0.2, -0.15) is 0 Å². The number of rotatable bonds is 6. The van der Waals surface area contributed by atoms with Crippen LogP contribution in [0.3, 0.4) is 0 Å². The van der Waals surface area contributed by atoms with Gasteiger partial charge in [0.1, 0.15) is 6.54 Å². The normalized spacial score (nSPS) is 14.2. The van der Waals surface area contributed by atoms with Crippen molar-refractivity contribution >= 4 is 23.4 Å². The highest BCUT2D eigenvalue weighted by Crippen LogP contribution is 2.22. The summed E-state index contributed by atoms with van der Waals surface area (Å²) in [7, 11) is 0. The number of hydrogen-bond donors (Lipinski definition) is 0. The summed E-state index contributed by atoms with van der Waals surface area (Å²) in [6.45, 7) is 3.76. The van der Waals surface area contributed by atoms with Gasteiger partial charge >= 0.3 is 6.03 Å². The number of benzene rings is 2. The van der Waals surface area contributed by atoms with Gasteiger partial charge in [-0.25, -0.2) is 4.79 Å².